The molecule has 0 radical (unpaired) electrons. The number of nitrogens with one attached hydrogen (secondary N) is 1. The van der Waals surface area contributed by atoms with E-state index in [2.05, 4.69) is 5.32 Å². The molecule has 0 saturated heterocycles. The highest BCUT2D eigenvalue weighted by Gasteiger charge is 2.35. The van der Waals surface area contributed by atoms with Crippen molar-refractivity contribution < 1.29 is 37.3 Å². The van der Waals surface area contributed by atoms with Gasteiger partial charge in [0, 0.05) is 6.04 Å². The molecule has 6 nitrogen and oxygen atoms in total. The minimum Gasteiger partial charge on any atom is -0.508 e. The van der Waals surface area contributed by atoms with Crippen molar-refractivity contribution in [1.29, 1.82) is 0 Å². The van der Waals surface area contributed by atoms with Gasteiger partial charge >= 0.3 is 6.18 Å². The Bertz CT molecular complexity index is 965. The van der Waals surface area contributed by atoms with Crippen LogP contribution in [0.1, 0.15) is 51.0 Å². The summed E-state index contributed by atoms with van der Waals surface area (Å²) in [4.78, 5) is 12.6. The van der Waals surface area contributed by atoms with Gasteiger partial charge in [-0.2, -0.15) is 13.2 Å². The summed E-state index contributed by atoms with van der Waals surface area (Å²) >= 11 is 0. The lowest BCUT2D eigenvalue weighted by atomic mass is 9.97. The first-order chi connectivity index (χ1) is 17.2. The molecule has 3 rings (SSSR count). The third-order valence-corrected chi connectivity index (χ3v) is 6.14. The average molecular weight is 510 g/mol. The van der Waals surface area contributed by atoms with Crippen LogP contribution in [-0.2, 0) is 11.2 Å². The number of hydrogen-bond acceptors (Lipinski definition) is 5. The molecule has 36 heavy (non-hydrogen) atoms. The van der Waals surface area contributed by atoms with Gasteiger partial charge in [0.1, 0.15) is 24.7 Å². The standard InChI is InChI=1S/C27H34F3NO5/c1-19(27(28,29)30)5-3-2-4-6-21(17-20-7-12-24-25(18-20)36-16-15-35-24)31-26(33)13-14-34-23-10-8-22(32)9-11-23/h7-12,18-19,21,32H,2-6,13-17H2,1H3,(H,31,33). The van der Waals surface area contributed by atoms with Gasteiger partial charge < -0.3 is 24.6 Å². The number of halogens is 3. The molecular weight excluding hydrogens is 475 g/mol. The summed E-state index contributed by atoms with van der Waals surface area (Å²) in [7, 11) is 0. The van der Waals surface area contributed by atoms with Gasteiger partial charge in [0.25, 0.3) is 0 Å². The largest absolute Gasteiger partial charge is 0.508 e. The highest BCUT2D eigenvalue weighted by molar-refractivity contribution is 5.76. The Morgan fingerprint density at radius 3 is 2.44 bits per heavy atom. The second kappa shape index (κ2) is 13.3. The van der Waals surface area contributed by atoms with Gasteiger partial charge in [-0.05, 0) is 61.2 Å². The topological polar surface area (TPSA) is 77.0 Å². The van der Waals surface area contributed by atoms with E-state index in [4.69, 9.17) is 14.2 Å². The first kappa shape index (κ1) is 27.5. The lowest BCUT2D eigenvalue weighted by molar-refractivity contribution is -0.171. The zero-order valence-corrected chi connectivity index (χ0v) is 20.5. The number of unbranched alkanes of at least 4 members (excludes halogenated alkanes) is 2. The highest BCUT2D eigenvalue weighted by Crippen LogP contribution is 2.32. The summed E-state index contributed by atoms with van der Waals surface area (Å²) < 4.78 is 55.0. The minimum absolute atomic E-state index is 0.108. The van der Waals surface area contributed by atoms with Gasteiger partial charge in [-0.25, -0.2) is 0 Å². The Labute approximate surface area is 209 Å². The minimum atomic E-state index is -4.16. The van der Waals surface area contributed by atoms with Gasteiger partial charge in [0.05, 0.1) is 18.9 Å². The molecule has 2 unspecified atom stereocenters. The van der Waals surface area contributed by atoms with Crippen LogP contribution in [0.5, 0.6) is 23.0 Å². The molecule has 1 aliphatic heterocycles. The summed E-state index contributed by atoms with van der Waals surface area (Å²) in [6.45, 7) is 2.38. The normalized spacial score (nSPS) is 14.7. The van der Waals surface area contributed by atoms with Gasteiger partial charge in [0.2, 0.25) is 5.91 Å². The Balaban J connectivity index is 1.51. The Kier molecular flexibility index (Phi) is 10.1. The second-order valence-corrected chi connectivity index (χ2v) is 9.12. The van der Waals surface area contributed by atoms with Crippen LogP contribution in [0.2, 0.25) is 0 Å². The van der Waals surface area contributed by atoms with E-state index in [0.29, 0.717) is 62.6 Å². The van der Waals surface area contributed by atoms with Crippen LogP contribution in [-0.4, -0.2) is 43.1 Å². The number of carbonyl (C=O) groups is 1. The van der Waals surface area contributed by atoms with Gasteiger partial charge in [-0.15, -0.1) is 0 Å². The number of hydrogen-bond donors (Lipinski definition) is 2. The van der Waals surface area contributed by atoms with Crippen LogP contribution in [0.25, 0.3) is 0 Å². The first-order valence-corrected chi connectivity index (χ1v) is 12.4. The monoisotopic (exact) mass is 509 g/mol. The molecule has 2 atom stereocenters. The number of ether oxygens (including phenoxy) is 3. The summed E-state index contributed by atoms with van der Waals surface area (Å²) in [5.41, 5.74) is 0.982. The summed E-state index contributed by atoms with van der Waals surface area (Å²) in [6, 6.07) is 11.8. The molecule has 0 spiro atoms. The van der Waals surface area contributed by atoms with Gasteiger partial charge in [-0.1, -0.05) is 32.3 Å². The molecule has 0 bridgehead atoms. The average Bonchev–Trinajstić information content (AvgIpc) is 2.84. The quantitative estimate of drug-likeness (QED) is 0.333. The number of aromatic hydroxyl groups is 1. The van der Waals surface area contributed by atoms with Crippen LogP contribution < -0.4 is 19.5 Å². The van der Waals surface area contributed by atoms with Crippen molar-refractivity contribution in [3.63, 3.8) is 0 Å². The van der Waals surface area contributed by atoms with Crippen LogP contribution in [0.3, 0.4) is 0 Å². The second-order valence-electron chi connectivity index (χ2n) is 9.12. The SMILES string of the molecule is CC(CCCCCC(Cc1ccc2c(c1)OCCO2)NC(=O)CCOc1ccc(O)cc1)C(F)(F)F. The van der Waals surface area contributed by atoms with Crippen LogP contribution in [0.4, 0.5) is 13.2 Å². The molecule has 2 aromatic carbocycles. The lowest BCUT2D eigenvalue weighted by Gasteiger charge is -2.22. The van der Waals surface area contributed by atoms with Crippen molar-refractivity contribution in [3.8, 4) is 23.0 Å². The molecule has 0 fully saturated rings. The van der Waals surface area contributed by atoms with E-state index >= 15 is 0 Å². The van der Waals surface area contributed by atoms with E-state index in [1.807, 2.05) is 18.2 Å². The fourth-order valence-electron chi connectivity index (χ4n) is 4.01. The predicted octanol–water partition coefficient (Wildman–Crippen LogP) is 5.81. The van der Waals surface area contributed by atoms with Crippen molar-refractivity contribution in [2.75, 3.05) is 19.8 Å². The van der Waals surface area contributed by atoms with E-state index in [9.17, 15) is 23.1 Å². The summed E-state index contributed by atoms with van der Waals surface area (Å²) in [6.07, 6.45) is -0.802. The third kappa shape index (κ3) is 9.17. The van der Waals surface area contributed by atoms with Crippen molar-refractivity contribution in [2.24, 2.45) is 5.92 Å². The first-order valence-electron chi connectivity index (χ1n) is 12.4. The van der Waals surface area contributed by atoms with Crippen molar-refractivity contribution in [3.05, 3.63) is 48.0 Å². The van der Waals surface area contributed by atoms with Crippen LogP contribution in [0.15, 0.2) is 42.5 Å². The highest BCUT2D eigenvalue weighted by atomic mass is 19.4. The van der Waals surface area contributed by atoms with Gasteiger partial charge in [-0.3, -0.25) is 4.79 Å². The van der Waals surface area contributed by atoms with Crippen molar-refractivity contribution in [1.82, 2.24) is 5.32 Å². The molecule has 1 heterocycles. The fourth-order valence-corrected chi connectivity index (χ4v) is 4.01. The Morgan fingerprint density at radius 2 is 1.72 bits per heavy atom. The van der Waals surface area contributed by atoms with E-state index in [0.717, 1.165) is 5.56 Å². The van der Waals surface area contributed by atoms with Crippen molar-refractivity contribution in [2.45, 2.75) is 64.1 Å². The van der Waals surface area contributed by atoms with Gasteiger partial charge in [0.15, 0.2) is 11.5 Å². The number of carbonyl (C=O) groups excluding carboxylic acids is 1. The van der Waals surface area contributed by atoms with E-state index in [1.54, 1.807) is 12.1 Å². The third-order valence-electron chi connectivity index (χ3n) is 6.14. The molecule has 1 amide bonds. The Morgan fingerprint density at radius 1 is 1.03 bits per heavy atom. The predicted molar refractivity (Wildman–Crippen MR) is 130 cm³/mol. The maximum atomic E-state index is 12.7. The smallest absolute Gasteiger partial charge is 0.391 e. The van der Waals surface area contributed by atoms with Crippen molar-refractivity contribution >= 4 is 5.91 Å². The molecule has 2 N–H and O–H groups in total. The van der Waals surface area contributed by atoms with E-state index in [1.165, 1.54) is 19.1 Å². The summed E-state index contributed by atoms with van der Waals surface area (Å²) in [5, 5.41) is 12.4. The molecule has 0 aromatic heterocycles. The fraction of sp³-hybridized carbons (Fsp3) is 0.519. The zero-order chi connectivity index (χ0) is 26.0. The Hall–Kier alpha value is -3.10. The molecule has 0 aliphatic carbocycles. The maximum absolute atomic E-state index is 12.7. The van der Waals surface area contributed by atoms with Crippen LogP contribution >= 0.6 is 0 Å². The molecule has 9 heteroatoms. The van der Waals surface area contributed by atoms with Crippen LogP contribution in [0, 0.1) is 5.92 Å². The number of amides is 1. The number of rotatable bonds is 13. The lowest BCUT2D eigenvalue weighted by Crippen LogP contribution is -2.37. The zero-order valence-electron chi connectivity index (χ0n) is 20.5. The van der Waals surface area contributed by atoms with E-state index < -0.39 is 12.1 Å². The molecule has 198 valence electrons. The number of phenols is 1. The molecule has 2 aromatic rings. The molecular formula is C27H34F3NO5. The maximum Gasteiger partial charge on any atom is 0.391 e. The number of phenolic OH excluding ortho intramolecular Hbond substituents is 1. The number of fused-ring (bicyclic) bond motifs is 1. The molecule has 1 aliphatic rings. The number of alkyl halides is 3. The molecule has 0 saturated carbocycles. The summed E-state index contributed by atoms with van der Waals surface area (Å²) in [5.74, 6) is 0.584. The number of benzene rings is 2. The van der Waals surface area contributed by atoms with E-state index in [-0.39, 0.29) is 37.1 Å².